The first kappa shape index (κ1) is 13.2. The highest BCUT2D eigenvalue weighted by Crippen LogP contribution is 2.31. The predicted octanol–water partition coefficient (Wildman–Crippen LogP) is 1.64. The number of anilines is 1. The van der Waals surface area contributed by atoms with Crippen LogP contribution in [0.3, 0.4) is 0 Å². The molecule has 98 valence electrons. The lowest BCUT2D eigenvalue weighted by atomic mass is 10.0. The molecule has 1 saturated heterocycles. The first-order valence-corrected chi connectivity index (χ1v) is 6.55. The summed E-state index contributed by atoms with van der Waals surface area (Å²) in [6.07, 6.45) is 2.88. The Balaban J connectivity index is 2.31. The van der Waals surface area contributed by atoms with E-state index in [2.05, 4.69) is 0 Å². The number of rotatable bonds is 3. The van der Waals surface area contributed by atoms with Crippen molar-refractivity contribution < 1.29 is 4.79 Å². The van der Waals surface area contributed by atoms with Crippen molar-refractivity contribution in [2.75, 3.05) is 11.4 Å². The fourth-order valence-electron chi connectivity index (χ4n) is 2.43. The van der Waals surface area contributed by atoms with Gasteiger partial charge in [0.05, 0.1) is 10.7 Å². The van der Waals surface area contributed by atoms with Gasteiger partial charge in [-0.1, -0.05) is 17.7 Å². The summed E-state index contributed by atoms with van der Waals surface area (Å²) in [5.41, 5.74) is 12.9. The molecular weight excluding hydrogens is 250 g/mol. The summed E-state index contributed by atoms with van der Waals surface area (Å²) in [4.78, 5) is 13.5. The van der Waals surface area contributed by atoms with Crippen molar-refractivity contribution in [2.45, 2.75) is 31.8 Å². The summed E-state index contributed by atoms with van der Waals surface area (Å²) >= 11 is 6.26. The van der Waals surface area contributed by atoms with E-state index < -0.39 is 0 Å². The number of nitrogens with zero attached hydrogens (tertiary/aromatic N) is 1. The molecule has 1 aromatic rings. The number of amides is 1. The maximum absolute atomic E-state index is 11.5. The van der Waals surface area contributed by atoms with E-state index in [1.54, 1.807) is 0 Å². The Kier molecular flexibility index (Phi) is 4.09. The van der Waals surface area contributed by atoms with Gasteiger partial charge in [0.25, 0.3) is 0 Å². The molecule has 1 fully saturated rings. The third kappa shape index (κ3) is 2.60. The molecule has 0 saturated carbocycles. The molecular formula is C13H18ClN3O. The van der Waals surface area contributed by atoms with E-state index >= 15 is 0 Å². The molecule has 0 aliphatic carbocycles. The first-order chi connectivity index (χ1) is 8.63. The van der Waals surface area contributed by atoms with Gasteiger partial charge in [0.2, 0.25) is 5.91 Å². The van der Waals surface area contributed by atoms with Gasteiger partial charge >= 0.3 is 0 Å². The molecule has 1 unspecified atom stereocenters. The summed E-state index contributed by atoms with van der Waals surface area (Å²) in [6, 6.07) is 5.46. The third-order valence-corrected chi connectivity index (χ3v) is 3.69. The minimum absolute atomic E-state index is 0.250. The third-order valence-electron chi connectivity index (χ3n) is 3.39. The summed E-state index contributed by atoms with van der Waals surface area (Å²) in [7, 11) is 0. The van der Waals surface area contributed by atoms with Crippen molar-refractivity contribution in [1.82, 2.24) is 0 Å². The highest BCUT2D eigenvalue weighted by atomic mass is 35.5. The maximum Gasteiger partial charge on any atom is 0.240 e. The molecule has 2 rings (SSSR count). The fourth-order valence-corrected chi connectivity index (χ4v) is 2.74. The van der Waals surface area contributed by atoms with Crippen LogP contribution in [0.2, 0.25) is 5.02 Å². The van der Waals surface area contributed by atoms with E-state index in [1.165, 1.54) is 0 Å². The van der Waals surface area contributed by atoms with Gasteiger partial charge in [0.1, 0.15) is 6.04 Å². The van der Waals surface area contributed by atoms with E-state index in [9.17, 15) is 4.79 Å². The van der Waals surface area contributed by atoms with Crippen LogP contribution in [0.25, 0.3) is 0 Å². The van der Waals surface area contributed by atoms with Gasteiger partial charge in [-0.2, -0.15) is 0 Å². The van der Waals surface area contributed by atoms with Crippen LogP contribution in [0.4, 0.5) is 5.69 Å². The number of carbonyl (C=O) groups is 1. The number of carbonyl (C=O) groups excluding carboxylic acids is 1. The molecule has 1 heterocycles. The van der Waals surface area contributed by atoms with Crippen LogP contribution in [-0.4, -0.2) is 18.5 Å². The van der Waals surface area contributed by atoms with Crippen LogP contribution in [0.15, 0.2) is 18.2 Å². The molecule has 0 spiro atoms. The van der Waals surface area contributed by atoms with Crippen molar-refractivity contribution >= 4 is 23.2 Å². The average Bonchev–Trinajstić information content (AvgIpc) is 2.38. The highest BCUT2D eigenvalue weighted by molar-refractivity contribution is 6.33. The Bertz CT molecular complexity index is 450. The number of benzene rings is 1. The molecule has 1 aliphatic heterocycles. The van der Waals surface area contributed by atoms with E-state index in [-0.39, 0.29) is 11.9 Å². The summed E-state index contributed by atoms with van der Waals surface area (Å²) in [5, 5.41) is 0.631. The molecule has 5 heteroatoms. The molecule has 0 aromatic heterocycles. The van der Waals surface area contributed by atoms with Crippen LogP contribution >= 0.6 is 11.6 Å². The number of hydrogen-bond acceptors (Lipinski definition) is 3. The normalized spacial score (nSPS) is 19.9. The molecule has 1 amide bonds. The van der Waals surface area contributed by atoms with Gasteiger partial charge in [0.15, 0.2) is 0 Å². The molecule has 18 heavy (non-hydrogen) atoms. The number of hydrogen-bond donors (Lipinski definition) is 2. The Morgan fingerprint density at radius 1 is 1.44 bits per heavy atom. The number of halogens is 1. The van der Waals surface area contributed by atoms with Crippen LogP contribution in [0, 0.1) is 0 Å². The van der Waals surface area contributed by atoms with Crippen molar-refractivity contribution in [3.8, 4) is 0 Å². The minimum Gasteiger partial charge on any atom is -0.368 e. The van der Waals surface area contributed by atoms with Gasteiger partial charge < -0.3 is 16.4 Å². The molecule has 0 bridgehead atoms. The summed E-state index contributed by atoms with van der Waals surface area (Å²) in [5.74, 6) is -0.284. The predicted molar refractivity (Wildman–Crippen MR) is 73.5 cm³/mol. The lowest BCUT2D eigenvalue weighted by molar-refractivity contribution is -0.119. The maximum atomic E-state index is 11.5. The highest BCUT2D eigenvalue weighted by Gasteiger charge is 2.28. The second-order valence-corrected chi connectivity index (χ2v) is 5.00. The van der Waals surface area contributed by atoms with Crippen LogP contribution in [-0.2, 0) is 11.3 Å². The van der Waals surface area contributed by atoms with Gasteiger partial charge in [-0.05, 0) is 37.0 Å². The monoisotopic (exact) mass is 267 g/mol. The van der Waals surface area contributed by atoms with E-state index in [4.69, 9.17) is 23.1 Å². The lowest BCUT2D eigenvalue weighted by Gasteiger charge is -2.36. The molecule has 1 aromatic carbocycles. The van der Waals surface area contributed by atoms with Gasteiger partial charge in [-0.15, -0.1) is 0 Å². The fraction of sp³-hybridized carbons (Fsp3) is 0.462. The van der Waals surface area contributed by atoms with E-state index in [0.717, 1.165) is 37.1 Å². The minimum atomic E-state index is -0.284. The Labute approximate surface area is 112 Å². The second-order valence-electron chi connectivity index (χ2n) is 4.60. The summed E-state index contributed by atoms with van der Waals surface area (Å²) in [6.45, 7) is 1.27. The molecule has 0 radical (unpaired) electrons. The first-order valence-electron chi connectivity index (χ1n) is 6.18. The van der Waals surface area contributed by atoms with Crippen molar-refractivity contribution in [1.29, 1.82) is 0 Å². The Morgan fingerprint density at radius 2 is 2.22 bits per heavy atom. The quantitative estimate of drug-likeness (QED) is 0.875. The number of nitrogens with two attached hydrogens (primary N) is 2. The summed E-state index contributed by atoms with van der Waals surface area (Å²) < 4.78 is 0. The largest absolute Gasteiger partial charge is 0.368 e. The number of primary amides is 1. The van der Waals surface area contributed by atoms with E-state index in [0.29, 0.717) is 11.6 Å². The second kappa shape index (κ2) is 5.59. The average molecular weight is 268 g/mol. The smallest absolute Gasteiger partial charge is 0.240 e. The lowest BCUT2D eigenvalue weighted by Crippen LogP contribution is -2.48. The van der Waals surface area contributed by atoms with Crippen LogP contribution in [0.5, 0.6) is 0 Å². The van der Waals surface area contributed by atoms with Crippen molar-refractivity contribution in [3.05, 3.63) is 28.8 Å². The molecule has 1 atom stereocenters. The molecule has 1 aliphatic rings. The SMILES string of the molecule is NCc1ccc(N2CCCCC2C(N)=O)c(Cl)c1. The van der Waals surface area contributed by atoms with Gasteiger partial charge in [-0.25, -0.2) is 0 Å². The zero-order valence-electron chi connectivity index (χ0n) is 10.2. The zero-order chi connectivity index (χ0) is 13.1. The van der Waals surface area contributed by atoms with Gasteiger partial charge in [-0.3, -0.25) is 4.79 Å². The van der Waals surface area contributed by atoms with E-state index in [1.807, 2.05) is 23.1 Å². The van der Waals surface area contributed by atoms with Crippen molar-refractivity contribution in [3.63, 3.8) is 0 Å². The van der Waals surface area contributed by atoms with Crippen molar-refractivity contribution in [2.24, 2.45) is 11.5 Å². The standard InChI is InChI=1S/C13H18ClN3O/c14-10-7-9(8-15)4-5-11(10)17-6-2-1-3-12(17)13(16)18/h4-5,7,12H,1-3,6,8,15H2,(H2,16,18). The zero-order valence-corrected chi connectivity index (χ0v) is 11.0. The Morgan fingerprint density at radius 3 is 2.83 bits per heavy atom. The number of piperidine rings is 1. The molecule has 4 nitrogen and oxygen atoms in total. The van der Waals surface area contributed by atoms with Gasteiger partial charge in [0, 0.05) is 13.1 Å². The Hall–Kier alpha value is -1.26. The van der Waals surface area contributed by atoms with Crippen LogP contribution in [0.1, 0.15) is 24.8 Å². The topological polar surface area (TPSA) is 72.3 Å². The van der Waals surface area contributed by atoms with Crippen LogP contribution < -0.4 is 16.4 Å². The molecule has 4 N–H and O–H groups in total.